The number of sulfonamides is 1. The van der Waals surface area contributed by atoms with E-state index in [-0.39, 0.29) is 10.8 Å². The van der Waals surface area contributed by atoms with Gasteiger partial charge in [0.25, 0.3) is 15.9 Å². The van der Waals surface area contributed by atoms with Crippen molar-refractivity contribution in [2.75, 3.05) is 4.72 Å². The van der Waals surface area contributed by atoms with Gasteiger partial charge in [-0.2, -0.15) is 0 Å². The molecule has 1 heterocycles. The average molecular weight is 495 g/mol. The van der Waals surface area contributed by atoms with E-state index in [1.54, 1.807) is 36.7 Å². The molecule has 2 N–H and O–H groups in total. The molecule has 3 aromatic carbocycles. The molecule has 7 nitrogen and oxygen atoms in total. The second-order valence-electron chi connectivity index (χ2n) is 7.85. The van der Waals surface area contributed by atoms with E-state index in [0.717, 1.165) is 11.1 Å². The number of rotatable bonds is 7. The molecule has 0 saturated heterocycles. The molecule has 0 saturated carbocycles. The highest BCUT2D eigenvalue weighted by molar-refractivity contribution is 7.92. The van der Waals surface area contributed by atoms with Gasteiger partial charge in [0.2, 0.25) is 0 Å². The number of nitrogens with one attached hydrogen (secondary N) is 2. The summed E-state index contributed by atoms with van der Waals surface area (Å²) in [7, 11) is -1.94. The summed E-state index contributed by atoms with van der Waals surface area (Å²) in [5, 5.41) is 3.57. The molecule has 4 aromatic rings. The molecule has 0 aliphatic rings. The second-order valence-corrected chi connectivity index (χ2v) is 9.97. The maximum atomic E-state index is 13.0. The van der Waals surface area contributed by atoms with Gasteiger partial charge in [0, 0.05) is 35.7 Å². The van der Waals surface area contributed by atoms with Crippen LogP contribution in [0.4, 0.5) is 5.69 Å². The Morgan fingerprint density at radius 1 is 0.971 bits per heavy atom. The van der Waals surface area contributed by atoms with Crippen molar-refractivity contribution in [3.05, 3.63) is 113 Å². The number of carbonyl (C=O) groups excluding carboxylic acids is 1. The largest absolute Gasteiger partial charge is 0.338 e. The third-order valence-electron chi connectivity index (χ3n) is 5.33. The Kier molecular flexibility index (Phi) is 6.72. The molecule has 1 amide bonds. The number of aromatic nitrogens is 2. The lowest BCUT2D eigenvalue weighted by molar-refractivity contribution is 0.0941. The summed E-state index contributed by atoms with van der Waals surface area (Å²) in [5.74, 6) is 0.288. The molecule has 9 heteroatoms. The number of imidazole rings is 1. The molecule has 0 bridgehead atoms. The number of anilines is 1. The first-order valence-corrected chi connectivity index (χ1v) is 12.3. The van der Waals surface area contributed by atoms with Crippen LogP contribution < -0.4 is 10.0 Å². The topological polar surface area (TPSA) is 93.1 Å². The van der Waals surface area contributed by atoms with Crippen LogP contribution in [0.3, 0.4) is 0 Å². The molecule has 34 heavy (non-hydrogen) atoms. The molecular formula is C25H23ClN4O3S. The maximum absolute atomic E-state index is 13.0. The number of hydrogen-bond donors (Lipinski definition) is 2. The molecule has 4 rings (SSSR count). The fourth-order valence-corrected chi connectivity index (χ4v) is 4.63. The molecular weight excluding hydrogens is 472 g/mol. The van der Waals surface area contributed by atoms with E-state index in [0.29, 0.717) is 22.1 Å². The molecule has 0 aliphatic carbocycles. The number of aryl methyl sites for hydroxylation is 2. The smallest absolute Gasteiger partial charge is 0.261 e. The maximum Gasteiger partial charge on any atom is 0.261 e. The second kappa shape index (κ2) is 9.70. The number of carbonyl (C=O) groups is 1. The van der Waals surface area contributed by atoms with Crippen LogP contribution in [0.15, 0.2) is 90.1 Å². The first-order chi connectivity index (χ1) is 16.2. The Balaban J connectivity index is 1.54. The average Bonchev–Trinajstić information content (AvgIpc) is 3.25. The quantitative estimate of drug-likeness (QED) is 0.389. The predicted molar refractivity (Wildman–Crippen MR) is 132 cm³/mol. The van der Waals surface area contributed by atoms with Crippen LogP contribution in [0.5, 0.6) is 0 Å². The van der Waals surface area contributed by atoms with Crippen molar-refractivity contribution in [3.63, 3.8) is 0 Å². The van der Waals surface area contributed by atoms with Crippen LogP contribution in [0.2, 0.25) is 5.02 Å². The van der Waals surface area contributed by atoms with E-state index in [9.17, 15) is 13.2 Å². The normalized spacial score (nSPS) is 12.2. The summed E-state index contributed by atoms with van der Waals surface area (Å²) in [5.41, 5.74) is 2.63. The first kappa shape index (κ1) is 23.5. The SMILES string of the molecule is Cc1ccc(NS(=O)(=O)c2ccc(C(=O)N[C@H](c3ccc(Cl)cc3)c3nccn3C)cc2)cc1. The Morgan fingerprint density at radius 3 is 2.21 bits per heavy atom. The fourth-order valence-electron chi connectivity index (χ4n) is 3.44. The number of benzene rings is 3. The standard InChI is InChI=1S/C25H23ClN4O3S/c1-17-3-11-21(12-4-17)29-34(32,33)22-13-7-19(8-14-22)25(31)28-23(24-27-15-16-30(24)2)18-5-9-20(26)10-6-18/h3-16,23,29H,1-2H3,(H,28,31)/t23-/m1/s1. The van der Waals surface area contributed by atoms with Gasteiger partial charge in [-0.3, -0.25) is 9.52 Å². The van der Waals surface area contributed by atoms with Gasteiger partial charge in [-0.05, 0) is 61.0 Å². The zero-order chi connectivity index (χ0) is 24.3. The third kappa shape index (κ3) is 5.30. The minimum atomic E-state index is -3.79. The van der Waals surface area contributed by atoms with Crippen LogP contribution in [0.25, 0.3) is 0 Å². The van der Waals surface area contributed by atoms with Crippen LogP contribution in [-0.4, -0.2) is 23.9 Å². The zero-order valence-electron chi connectivity index (χ0n) is 18.6. The monoisotopic (exact) mass is 494 g/mol. The zero-order valence-corrected chi connectivity index (χ0v) is 20.1. The summed E-state index contributed by atoms with van der Waals surface area (Å²) in [4.78, 5) is 17.5. The first-order valence-electron chi connectivity index (χ1n) is 10.5. The molecule has 1 atom stereocenters. The van der Waals surface area contributed by atoms with Gasteiger partial charge in [-0.25, -0.2) is 13.4 Å². The molecule has 0 fully saturated rings. The number of hydrogen-bond acceptors (Lipinski definition) is 4. The van der Waals surface area contributed by atoms with Crippen molar-refractivity contribution >= 4 is 33.2 Å². The highest BCUT2D eigenvalue weighted by Gasteiger charge is 2.22. The van der Waals surface area contributed by atoms with Crippen LogP contribution in [0, 0.1) is 6.92 Å². The van der Waals surface area contributed by atoms with Crippen LogP contribution in [-0.2, 0) is 17.1 Å². The van der Waals surface area contributed by atoms with Gasteiger partial charge in [-0.15, -0.1) is 0 Å². The van der Waals surface area contributed by atoms with Crippen molar-refractivity contribution in [1.82, 2.24) is 14.9 Å². The van der Waals surface area contributed by atoms with E-state index in [1.807, 2.05) is 42.8 Å². The van der Waals surface area contributed by atoms with Crippen molar-refractivity contribution in [2.45, 2.75) is 17.9 Å². The minimum Gasteiger partial charge on any atom is -0.338 e. The summed E-state index contributed by atoms with van der Waals surface area (Å²) in [6, 6.07) is 19.5. The summed E-state index contributed by atoms with van der Waals surface area (Å²) < 4.78 is 29.8. The number of nitrogens with zero attached hydrogens (tertiary/aromatic N) is 2. The van der Waals surface area contributed by atoms with Crippen molar-refractivity contribution in [2.24, 2.45) is 7.05 Å². The van der Waals surface area contributed by atoms with E-state index >= 15 is 0 Å². The number of halogens is 1. The third-order valence-corrected chi connectivity index (χ3v) is 6.98. The fraction of sp³-hybridized carbons (Fsp3) is 0.120. The van der Waals surface area contributed by atoms with Gasteiger partial charge >= 0.3 is 0 Å². The highest BCUT2D eigenvalue weighted by Crippen LogP contribution is 2.23. The van der Waals surface area contributed by atoms with Crippen molar-refractivity contribution in [3.8, 4) is 0 Å². The van der Waals surface area contributed by atoms with Crippen LogP contribution in [0.1, 0.15) is 33.4 Å². The lowest BCUT2D eigenvalue weighted by Crippen LogP contribution is -2.31. The van der Waals surface area contributed by atoms with E-state index in [2.05, 4.69) is 15.0 Å². The van der Waals surface area contributed by atoms with Gasteiger partial charge < -0.3 is 9.88 Å². The molecule has 174 valence electrons. The van der Waals surface area contributed by atoms with E-state index in [4.69, 9.17) is 11.6 Å². The van der Waals surface area contributed by atoms with Gasteiger partial charge in [0.05, 0.1) is 4.90 Å². The predicted octanol–water partition coefficient (Wildman–Crippen LogP) is 4.70. The molecule has 1 aromatic heterocycles. The lowest BCUT2D eigenvalue weighted by Gasteiger charge is -2.19. The summed E-state index contributed by atoms with van der Waals surface area (Å²) >= 11 is 6.02. The summed E-state index contributed by atoms with van der Waals surface area (Å²) in [6.07, 6.45) is 3.45. The Labute approximate surface area is 203 Å². The van der Waals surface area contributed by atoms with E-state index in [1.165, 1.54) is 24.3 Å². The van der Waals surface area contributed by atoms with Crippen molar-refractivity contribution in [1.29, 1.82) is 0 Å². The molecule has 0 unspecified atom stereocenters. The summed E-state index contributed by atoms with van der Waals surface area (Å²) in [6.45, 7) is 1.92. The Morgan fingerprint density at radius 2 is 1.62 bits per heavy atom. The molecule has 0 spiro atoms. The van der Waals surface area contributed by atoms with Crippen LogP contribution >= 0.6 is 11.6 Å². The molecule has 0 radical (unpaired) electrons. The lowest BCUT2D eigenvalue weighted by atomic mass is 10.1. The number of amides is 1. The highest BCUT2D eigenvalue weighted by atomic mass is 35.5. The Bertz CT molecular complexity index is 1400. The van der Waals surface area contributed by atoms with Crippen molar-refractivity contribution < 1.29 is 13.2 Å². The minimum absolute atomic E-state index is 0.0583. The Hall–Kier alpha value is -3.62. The van der Waals surface area contributed by atoms with Gasteiger partial charge in [-0.1, -0.05) is 41.4 Å². The van der Waals surface area contributed by atoms with E-state index < -0.39 is 16.1 Å². The van der Waals surface area contributed by atoms with Gasteiger partial charge in [0.15, 0.2) is 0 Å². The van der Waals surface area contributed by atoms with Gasteiger partial charge in [0.1, 0.15) is 11.9 Å². The molecule has 0 aliphatic heterocycles.